The maximum absolute atomic E-state index is 13.4. The van der Waals surface area contributed by atoms with E-state index in [9.17, 15) is 4.79 Å². The van der Waals surface area contributed by atoms with Gasteiger partial charge in [-0.25, -0.2) is 0 Å². The highest BCUT2D eigenvalue weighted by Gasteiger charge is 2.36. The summed E-state index contributed by atoms with van der Waals surface area (Å²) in [4.78, 5) is 18.6. The Morgan fingerprint density at radius 2 is 1.93 bits per heavy atom. The Morgan fingerprint density at radius 3 is 2.71 bits per heavy atom. The standard InChI is InChI=1S/C33H29BrClN5OS/c1-18-13-26(18)21-5-10-29-27(14-21)32(20-3-7-24(35)8-4-20)37-28(33-39-38-19(2)40(29)33)16-31(41)36-12-11-22-17-42-30-15-23(34)6-9-25(22)30/h3-10,14-15,17-18,26,28H,11-13,16H2,1-2H3,(H,36,41)/t18?,26-,28-/m0/s1. The zero-order chi connectivity index (χ0) is 29.0. The number of hydrogen-bond donors (Lipinski definition) is 1. The molecule has 1 N–H and O–H groups in total. The minimum absolute atomic E-state index is 0.0628. The molecule has 0 radical (unpaired) electrons. The van der Waals surface area contributed by atoms with Crippen LogP contribution in [0.25, 0.3) is 15.8 Å². The summed E-state index contributed by atoms with van der Waals surface area (Å²) in [6, 6.07) is 20.2. The van der Waals surface area contributed by atoms with Crippen molar-refractivity contribution in [2.24, 2.45) is 10.9 Å². The van der Waals surface area contributed by atoms with Crippen molar-refractivity contribution in [3.05, 3.63) is 109 Å². The van der Waals surface area contributed by atoms with Crippen molar-refractivity contribution in [3.63, 3.8) is 0 Å². The van der Waals surface area contributed by atoms with Crippen LogP contribution in [0.2, 0.25) is 5.02 Å². The first kappa shape index (κ1) is 27.5. The number of carbonyl (C=O) groups is 1. The Labute approximate surface area is 262 Å². The number of rotatable bonds is 7. The number of halogens is 2. The van der Waals surface area contributed by atoms with E-state index in [2.05, 4.69) is 84.7 Å². The molecule has 1 fully saturated rings. The molecule has 1 aliphatic carbocycles. The SMILES string of the molecule is Cc1nnc2n1-c1ccc([C@H]3CC3C)cc1C(c1ccc(Cl)cc1)=N[C@H]2CC(=O)NCCc1csc2cc(Br)ccc12. The van der Waals surface area contributed by atoms with E-state index in [1.165, 1.54) is 27.6 Å². The van der Waals surface area contributed by atoms with E-state index in [1.54, 1.807) is 11.3 Å². The highest BCUT2D eigenvalue weighted by molar-refractivity contribution is 9.10. The van der Waals surface area contributed by atoms with Crippen molar-refractivity contribution in [1.82, 2.24) is 20.1 Å². The van der Waals surface area contributed by atoms with Gasteiger partial charge in [-0.2, -0.15) is 0 Å². The topological polar surface area (TPSA) is 72.2 Å². The fraction of sp³-hybridized carbons (Fsp3) is 0.273. The lowest BCUT2D eigenvalue weighted by atomic mass is 9.96. The van der Waals surface area contributed by atoms with Crippen molar-refractivity contribution in [2.75, 3.05) is 6.54 Å². The van der Waals surface area contributed by atoms with Crippen LogP contribution in [-0.4, -0.2) is 32.9 Å². The average Bonchev–Trinajstić information content (AvgIpc) is 3.44. The molecule has 2 aliphatic rings. The quantitative estimate of drug-likeness (QED) is 0.193. The summed E-state index contributed by atoms with van der Waals surface area (Å²) in [6.45, 7) is 4.79. The maximum atomic E-state index is 13.4. The summed E-state index contributed by atoms with van der Waals surface area (Å²) in [5.74, 6) is 2.63. The highest BCUT2D eigenvalue weighted by atomic mass is 79.9. The lowest BCUT2D eigenvalue weighted by Gasteiger charge is -2.14. The van der Waals surface area contributed by atoms with E-state index >= 15 is 0 Å². The first-order valence-electron chi connectivity index (χ1n) is 14.2. The van der Waals surface area contributed by atoms with E-state index in [-0.39, 0.29) is 12.3 Å². The van der Waals surface area contributed by atoms with Gasteiger partial charge in [0.15, 0.2) is 5.82 Å². The van der Waals surface area contributed by atoms with Crippen LogP contribution in [0.5, 0.6) is 0 Å². The first-order valence-corrected chi connectivity index (χ1v) is 16.2. The fourth-order valence-electron chi connectivity index (χ4n) is 5.94. The number of carbonyl (C=O) groups excluding carboxylic acids is 1. The minimum atomic E-state index is -0.494. The van der Waals surface area contributed by atoms with Gasteiger partial charge in [-0.15, -0.1) is 21.5 Å². The molecular weight excluding hydrogens is 630 g/mol. The summed E-state index contributed by atoms with van der Waals surface area (Å²) in [5.41, 5.74) is 6.37. The molecule has 42 heavy (non-hydrogen) atoms. The highest BCUT2D eigenvalue weighted by Crippen LogP contribution is 2.48. The van der Waals surface area contributed by atoms with Gasteiger partial charge < -0.3 is 5.32 Å². The van der Waals surface area contributed by atoms with Crippen molar-refractivity contribution >= 4 is 60.6 Å². The van der Waals surface area contributed by atoms with Gasteiger partial charge in [0.2, 0.25) is 5.91 Å². The molecule has 0 spiro atoms. The normalized spacial score (nSPS) is 19.1. The van der Waals surface area contributed by atoms with E-state index in [1.807, 2.05) is 31.2 Å². The van der Waals surface area contributed by atoms with Crippen LogP contribution < -0.4 is 5.32 Å². The molecule has 6 nitrogen and oxygen atoms in total. The number of aliphatic imine (C=N–C) groups is 1. The zero-order valence-electron chi connectivity index (χ0n) is 23.3. The molecular formula is C33H29BrClN5OS. The van der Waals surface area contributed by atoms with Gasteiger partial charge >= 0.3 is 0 Å². The van der Waals surface area contributed by atoms with Gasteiger partial charge in [0.1, 0.15) is 11.9 Å². The van der Waals surface area contributed by atoms with E-state index in [4.69, 9.17) is 16.6 Å². The summed E-state index contributed by atoms with van der Waals surface area (Å²) < 4.78 is 4.37. The Morgan fingerprint density at radius 1 is 1.12 bits per heavy atom. The molecule has 9 heteroatoms. The van der Waals surface area contributed by atoms with Crippen LogP contribution in [0.1, 0.15) is 65.6 Å². The lowest BCUT2D eigenvalue weighted by Crippen LogP contribution is -2.27. The largest absolute Gasteiger partial charge is 0.356 e. The van der Waals surface area contributed by atoms with Gasteiger partial charge in [-0.3, -0.25) is 14.4 Å². The molecule has 1 amide bonds. The van der Waals surface area contributed by atoms with Gasteiger partial charge in [0.05, 0.1) is 17.8 Å². The second-order valence-electron chi connectivity index (χ2n) is 11.2. The number of nitrogens with one attached hydrogen (secondary N) is 1. The third-order valence-corrected chi connectivity index (χ3v) is 10.1. The molecule has 1 saturated carbocycles. The third kappa shape index (κ3) is 5.21. The van der Waals surface area contributed by atoms with Gasteiger partial charge in [-0.1, -0.05) is 58.7 Å². The molecule has 3 aromatic carbocycles. The molecule has 1 unspecified atom stereocenters. The molecule has 212 valence electrons. The van der Waals surface area contributed by atoms with Crippen molar-refractivity contribution in [2.45, 2.75) is 45.1 Å². The van der Waals surface area contributed by atoms with Gasteiger partial charge in [-0.05, 0) is 89.9 Å². The number of amides is 1. The second kappa shape index (κ2) is 11.1. The summed E-state index contributed by atoms with van der Waals surface area (Å²) >= 11 is 11.5. The van der Waals surface area contributed by atoms with Crippen molar-refractivity contribution in [1.29, 1.82) is 0 Å². The smallest absolute Gasteiger partial charge is 0.222 e. The van der Waals surface area contributed by atoms with Gasteiger partial charge in [0.25, 0.3) is 0 Å². The molecule has 5 aromatic rings. The van der Waals surface area contributed by atoms with Crippen LogP contribution in [0.4, 0.5) is 0 Å². The first-order chi connectivity index (χ1) is 20.4. The van der Waals surface area contributed by atoms with Crippen LogP contribution in [0.15, 0.2) is 75.5 Å². The fourth-order valence-corrected chi connectivity index (χ4v) is 7.61. The van der Waals surface area contributed by atoms with Crippen LogP contribution in [0.3, 0.4) is 0 Å². The maximum Gasteiger partial charge on any atom is 0.222 e. The number of hydrogen-bond acceptors (Lipinski definition) is 5. The minimum Gasteiger partial charge on any atom is -0.356 e. The molecule has 0 saturated heterocycles. The predicted octanol–water partition coefficient (Wildman–Crippen LogP) is 7.97. The number of aromatic nitrogens is 3. The van der Waals surface area contributed by atoms with Crippen LogP contribution in [-0.2, 0) is 11.2 Å². The Balaban J connectivity index is 1.20. The predicted molar refractivity (Wildman–Crippen MR) is 173 cm³/mol. The molecule has 2 aromatic heterocycles. The van der Waals surface area contributed by atoms with Crippen LogP contribution >= 0.6 is 38.9 Å². The third-order valence-electron chi connectivity index (χ3n) is 8.32. The monoisotopic (exact) mass is 657 g/mol. The second-order valence-corrected chi connectivity index (χ2v) is 13.5. The van der Waals surface area contributed by atoms with Crippen LogP contribution in [0, 0.1) is 12.8 Å². The van der Waals surface area contributed by atoms with Crippen molar-refractivity contribution < 1.29 is 4.79 Å². The summed E-state index contributed by atoms with van der Waals surface area (Å²) in [5, 5.41) is 16.2. The number of aryl methyl sites for hydroxylation is 1. The zero-order valence-corrected chi connectivity index (χ0v) is 26.4. The number of thiophene rings is 1. The Kier molecular flexibility index (Phi) is 7.24. The average molecular weight is 659 g/mol. The van der Waals surface area contributed by atoms with E-state index in [0.717, 1.165) is 39.2 Å². The Hall–Kier alpha value is -3.33. The van der Waals surface area contributed by atoms with Crippen molar-refractivity contribution in [3.8, 4) is 5.69 Å². The molecule has 3 atom stereocenters. The molecule has 1 aliphatic heterocycles. The number of nitrogens with zero attached hydrogens (tertiary/aromatic N) is 4. The van der Waals surface area contributed by atoms with E-state index < -0.39 is 6.04 Å². The molecule has 3 heterocycles. The number of benzene rings is 3. The Bertz CT molecular complexity index is 1860. The van der Waals surface area contributed by atoms with Gasteiger partial charge in [0, 0.05) is 31.9 Å². The van der Waals surface area contributed by atoms with E-state index in [0.29, 0.717) is 29.2 Å². The molecule has 0 bridgehead atoms. The summed E-state index contributed by atoms with van der Waals surface area (Å²) in [6.07, 6.45) is 2.14. The number of fused-ring (bicyclic) bond motifs is 4. The molecule has 7 rings (SSSR count). The summed E-state index contributed by atoms with van der Waals surface area (Å²) in [7, 11) is 0. The lowest BCUT2D eigenvalue weighted by molar-refractivity contribution is -0.121.